The summed E-state index contributed by atoms with van der Waals surface area (Å²) in [7, 11) is 0. The highest BCUT2D eigenvalue weighted by Gasteiger charge is 2.26. The molecule has 0 aliphatic carbocycles. The van der Waals surface area contributed by atoms with Gasteiger partial charge in [-0.15, -0.1) is 0 Å². The average molecular weight is 356 g/mol. The molecular weight excluding hydrogens is 332 g/mol. The highest BCUT2D eigenvalue weighted by molar-refractivity contribution is 5.94. The quantitative estimate of drug-likeness (QED) is 0.656. The minimum absolute atomic E-state index is 0.122. The lowest BCUT2D eigenvalue weighted by Gasteiger charge is -2.33. The molecule has 1 aliphatic heterocycles. The standard InChI is InChI=1S/C24H24N2O/c1-18-15-22(19-9-4-2-5-10-19)16-23(25-18)21-13-8-14-26(17-21)24(27)20-11-6-3-7-12-20/h2-7,9-12,15-16,21H,8,13-14,17H2,1H3/t21-/m0/s1. The van der Waals surface area contributed by atoms with Gasteiger partial charge in [-0.05, 0) is 55.2 Å². The van der Waals surface area contributed by atoms with Crippen LogP contribution in [0.1, 0.15) is 40.5 Å². The van der Waals surface area contributed by atoms with Crippen LogP contribution >= 0.6 is 0 Å². The maximum Gasteiger partial charge on any atom is 0.253 e. The Morgan fingerprint density at radius 3 is 2.41 bits per heavy atom. The molecular formula is C24H24N2O. The number of rotatable bonds is 3. The highest BCUT2D eigenvalue weighted by Crippen LogP contribution is 2.30. The van der Waals surface area contributed by atoms with E-state index < -0.39 is 0 Å². The third-order valence-corrected chi connectivity index (χ3v) is 5.23. The first kappa shape index (κ1) is 17.5. The summed E-state index contributed by atoms with van der Waals surface area (Å²) in [6, 6.07) is 24.3. The van der Waals surface area contributed by atoms with Crippen LogP contribution in [-0.4, -0.2) is 28.9 Å². The molecule has 2 heterocycles. The zero-order valence-electron chi connectivity index (χ0n) is 15.6. The number of aryl methyl sites for hydroxylation is 1. The molecule has 0 spiro atoms. The van der Waals surface area contributed by atoms with Gasteiger partial charge in [-0.2, -0.15) is 0 Å². The van der Waals surface area contributed by atoms with E-state index in [1.54, 1.807) is 0 Å². The minimum atomic E-state index is 0.122. The number of carbonyl (C=O) groups excluding carboxylic acids is 1. The number of likely N-dealkylation sites (tertiary alicyclic amines) is 1. The summed E-state index contributed by atoms with van der Waals surface area (Å²) in [6.45, 7) is 3.60. The molecule has 2 aromatic carbocycles. The molecule has 1 atom stereocenters. The Morgan fingerprint density at radius 1 is 0.963 bits per heavy atom. The Kier molecular flexibility index (Phi) is 5.01. The Morgan fingerprint density at radius 2 is 1.67 bits per heavy atom. The van der Waals surface area contributed by atoms with E-state index in [2.05, 4.69) is 36.4 Å². The average Bonchev–Trinajstić information content (AvgIpc) is 2.74. The zero-order chi connectivity index (χ0) is 18.6. The van der Waals surface area contributed by atoms with Crippen molar-refractivity contribution in [3.05, 3.63) is 89.7 Å². The van der Waals surface area contributed by atoms with E-state index in [0.29, 0.717) is 0 Å². The van der Waals surface area contributed by atoms with E-state index >= 15 is 0 Å². The molecule has 1 saturated heterocycles. The van der Waals surface area contributed by atoms with Crippen LogP contribution < -0.4 is 0 Å². The zero-order valence-corrected chi connectivity index (χ0v) is 15.6. The van der Waals surface area contributed by atoms with Crippen LogP contribution in [0.15, 0.2) is 72.8 Å². The topological polar surface area (TPSA) is 33.2 Å². The van der Waals surface area contributed by atoms with Gasteiger partial charge in [0.1, 0.15) is 0 Å². The molecule has 136 valence electrons. The smallest absolute Gasteiger partial charge is 0.253 e. The predicted octanol–water partition coefficient (Wildman–Crippen LogP) is 5.08. The fraction of sp³-hybridized carbons (Fsp3) is 0.250. The number of pyridine rings is 1. The predicted molar refractivity (Wildman–Crippen MR) is 109 cm³/mol. The van der Waals surface area contributed by atoms with E-state index in [0.717, 1.165) is 42.9 Å². The molecule has 3 aromatic rings. The van der Waals surface area contributed by atoms with E-state index in [1.807, 2.05) is 48.2 Å². The number of amides is 1. The number of hydrogen-bond donors (Lipinski definition) is 0. The molecule has 0 N–H and O–H groups in total. The van der Waals surface area contributed by atoms with Crippen molar-refractivity contribution in [1.29, 1.82) is 0 Å². The SMILES string of the molecule is Cc1cc(-c2ccccc2)cc([C@H]2CCCN(C(=O)c3ccccc3)C2)n1. The monoisotopic (exact) mass is 356 g/mol. The van der Waals surface area contributed by atoms with Crippen LogP contribution in [0.4, 0.5) is 0 Å². The summed E-state index contributed by atoms with van der Waals surface area (Å²) < 4.78 is 0. The molecule has 0 saturated carbocycles. The molecule has 1 aliphatic rings. The molecule has 0 bridgehead atoms. The second-order valence-corrected chi connectivity index (χ2v) is 7.24. The van der Waals surface area contributed by atoms with E-state index in [9.17, 15) is 4.79 Å². The van der Waals surface area contributed by atoms with Crippen molar-refractivity contribution < 1.29 is 4.79 Å². The number of hydrogen-bond acceptors (Lipinski definition) is 2. The van der Waals surface area contributed by atoms with Gasteiger partial charge < -0.3 is 4.90 Å². The summed E-state index contributed by atoms with van der Waals surface area (Å²) in [5.41, 5.74) is 5.29. The Labute approximate surface area is 160 Å². The van der Waals surface area contributed by atoms with Crippen LogP contribution in [0.25, 0.3) is 11.1 Å². The number of carbonyl (C=O) groups is 1. The van der Waals surface area contributed by atoms with Gasteiger partial charge in [0.2, 0.25) is 0 Å². The third kappa shape index (κ3) is 3.92. The summed E-state index contributed by atoms with van der Waals surface area (Å²) in [5.74, 6) is 0.407. The largest absolute Gasteiger partial charge is 0.338 e. The van der Waals surface area contributed by atoms with E-state index in [4.69, 9.17) is 4.98 Å². The Balaban J connectivity index is 1.58. The number of aromatic nitrogens is 1. The first-order valence-corrected chi connectivity index (χ1v) is 9.59. The van der Waals surface area contributed by atoms with Crippen LogP contribution in [0.2, 0.25) is 0 Å². The van der Waals surface area contributed by atoms with Crippen molar-refractivity contribution in [2.24, 2.45) is 0 Å². The van der Waals surface area contributed by atoms with Gasteiger partial charge in [0.05, 0.1) is 0 Å². The van der Waals surface area contributed by atoms with Crippen molar-refractivity contribution >= 4 is 5.91 Å². The molecule has 0 unspecified atom stereocenters. The fourth-order valence-corrected chi connectivity index (χ4v) is 3.87. The summed E-state index contributed by atoms with van der Waals surface area (Å²) in [6.07, 6.45) is 2.09. The second-order valence-electron chi connectivity index (χ2n) is 7.24. The molecule has 3 heteroatoms. The molecule has 0 radical (unpaired) electrons. The summed E-state index contributed by atoms with van der Waals surface area (Å²) in [4.78, 5) is 19.6. The maximum atomic E-state index is 12.8. The van der Waals surface area contributed by atoms with Gasteiger partial charge in [0.25, 0.3) is 5.91 Å². The van der Waals surface area contributed by atoms with E-state index in [1.165, 1.54) is 11.1 Å². The van der Waals surface area contributed by atoms with Crippen LogP contribution in [0.5, 0.6) is 0 Å². The molecule has 3 nitrogen and oxygen atoms in total. The van der Waals surface area contributed by atoms with Crippen molar-refractivity contribution in [2.45, 2.75) is 25.7 Å². The van der Waals surface area contributed by atoms with Crippen LogP contribution in [0, 0.1) is 6.92 Å². The molecule has 27 heavy (non-hydrogen) atoms. The maximum absolute atomic E-state index is 12.8. The Hall–Kier alpha value is -2.94. The third-order valence-electron chi connectivity index (χ3n) is 5.23. The normalized spacial score (nSPS) is 16.9. The van der Waals surface area contributed by atoms with Crippen molar-refractivity contribution in [3.8, 4) is 11.1 Å². The molecule has 4 rings (SSSR count). The second kappa shape index (κ2) is 7.75. The molecule has 1 aromatic heterocycles. The van der Waals surface area contributed by atoms with Crippen molar-refractivity contribution in [1.82, 2.24) is 9.88 Å². The first-order chi connectivity index (χ1) is 13.2. The lowest BCUT2D eigenvalue weighted by Crippen LogP contribution is -2.39. The number of benzene rings is 2. The van der Waals surface area contributed by atoms with Gasteiger partial charge >= 0.3 is 0 Å². The van der Waals surface area contributed by atoms with E-state index in [-0.39, 0.29) is 11.8 Å². The molecule has 1 fully saturated rings. The minimum Gasteiger partial charge on any atom is -0.338 e. The van der Waals surface area contributed by atoms with Crippen LogP contribution in [0.3, 0.4) is 0 Å². The lowest BCUT2D eigenvalue weighted by molar-refractivity contribution is 0.0706. The first-order valence-electron chi connectivity index (χ1n) is 9.59. The summed E-state index contributed by atoms with van der Waals surface area (Å²) >= 11 is 0. The number of nitrogens with zero attached hydrogens (tertiary/aromatic N) is 2. The van der Waals surface area contributed by atoms with Gasteiger partial charge in [-0.1, -0.05) is 48.5 Å². The van der Waals surface area contributed by atoms with Crippen molar-refractivity contribution in [3.63, 3.8) is 0 Å². The van der Waals surface area contributed by atoms with Gasteiger partial charge in [-0.25, -0.2) is 0 Å². The van der Waals surface area contributed by atoms with Gasteiger partial charge in [0, 0.05) is 36.0 Å². The fourth-order valence-electron chi connectivity index (χ4n) is 3.87. The lowest BCUT2D eigenvalue weighted by atomic mass is 9.92. The van der Waals surface area contributed by atoms with Crippen molar-refractivity contribution in [2.75, 3.05) is 13.1 Å². The summed E-state index contributed by atoms with van der Waals surface area (Å²) in [5, 5.41) is 0. The number of piperidine rings is 1. The van der Waals surface area contributed by atoms with Gasteiger partial charge in [-0.3, -0.25) is 9.78 Å². The van der Waals surface area contributed by atoms with Gasteiger partial charge in [0.15, 0.2) is 0 Å². The highest BCUT2D eigenvalue weighted by atomic mass is 16.2. The molecule has 1 amide bonds. The Bertz CT molecular complexity index is 922. The van der Waals surface area contributed by atoms with Crippen LogP contribution in [-0.2, 0) is 0 Å².